The molecule has 1 fully saturated rings. The Hall–Kier alpha value is -9.16. The Kier molecular flexibility index (Phi) is 34.7. The summed E-state index contributed by atoms with van der Waals surface area (Å²) in [5.74, 6) is -9.35. The van der Waals surface area contributed by atoms with Gasteiger partial charge in [-0.05, 0) is 105 Å². The number of ether oxygens (including phenoxy) is 9. The third kappa shape index (κ3) is 26.7. The molecule has 1 aliphatic rings. The topological polar surface area (TPSA) is 450 Å². The Morgan fingerprint density at radius 2 is 0.856 bits per heavy atom. The largest absolute Gasteiger partial charge is 1.00 e. The van der Waals surface area contributed by atoms with Gasteiger partial charge in [0.25, 0.3) is 20.0 Å². The van der Waals surface area contributed by atoms with Gasteiger partial charge in [-0.1, -0.05) is 60.7 Å². The molecule has 32 nitrogen and oxygen atoms in total. The predicted octanol–water partition coefficient (Wildman–Crippen LogP) is -0.376. The van der Waals surface area contributed by atoms with Crippen molar-refractivity contribution >= 4 is 107 Å². The number of imidazole rings is 2. The number of aliphatic carboxylic acids is 2. The van der Waals surface area contributed by atoms with E-state index >= 15 is 0 Å². The van der Waals surface area contributed by atoms with E-state index in [0.717, 1.165) is 68.2 Å². The van der Waals surface area contributed by atoms with Gasteiger partial charge < -0.3 is 67.5 Å². The van der Waals surface area contributed by atoms with E-state index in [4.69, 9.17) is 47.7 Å². The number of nitrogens with zero attached hydrogens (tertiary/aromatic N) is 6. The van der Waals surface area contributed by atoms with E-state index in [1.54, 1.807) is 24.3 Å². The SMILES string of the molecule is Cc1c(OCC(F)(F)F)ccnc1CS(=O)c1nc2ccccc2n1S(=O)(=O)c1ccc(OCC(=O)OCCS(=O)(=O)c2ccccc2)c(OCC(=O)OCCS(=O)(=O)c2ccccc2)c1.Cc1c(OCC(F)(F)F)ccnc1CS(=O)c1nc2ccccc2n1S(=O)(=O)c1ccc(OCC(=O)[O-])c(OCC(=O)[O-])c1.OC1CCCO1.[Na+].[Na+]. The molecule has 11 rings (SSSR count). The Labute approximate surface area is 718 Å². The van der Waals surface area contributed by atoms with Crippen molar-refractivity contribution in [3.8, 4) is 34.5 Å². The summed E-state index contributed by atoms with van der Waals surface area (Å²) in [6.45, 7) is -4.51. The monoisotopic (exact) mass is 1780 g/mol. The van der Waals surface area contributed by atoms with Gasteiger partial charge in [0.15, 0.2) is 75.4 Å². The van der Waals surface area contributed by atoms with Crippen LogP contribution in [0.2, 0.25) is 0 Å². The Morgan fingerprint density at radius 3 is 1.21 bits per heavy atom. The zero-order valence-electron chi connectivity index (χ0n) is 62.4. The van der Waals surface area contributed by atoms with E-state index in [2.05, 4.69) is 19.9 Å². The van der Waals surface area contributed by atoms with Crippen LogP contribution in [0.3, 0.4) is 0 Å². The summed E-state index contributed by atoms with van der Waals surface area (Å²) in [7, 11) is -21.7. The van der Waals surface area contributed by atoms with Crippen molar-refractivity contribution in [3.05, 3.63) is 193 Å². The standard InChI is InChI=1S/C42H38F3N3O14S4.C26H22F3N3O10S2.C4H8O2.2Na/c1-29-34(46-19-18-36(29)62-28-42(43,44)45)27-63(51)41-47-33-14-8-9-15-35(33)48(41)66(56,57)32-16-17-37(60-25-39(49)58-20-22-64(52,53)30-10-4-2-5-11-30)38(24-32)61-26-40(50)59-21-23-65(54,55)31-12-6-3-7-13-31;1-15-18(30-9-8-20(15)42-14-26(27,28)29)13-43(37)25-31-17-4-2-3-5-19(17)32(25)44(38,39)16-6-7-21(40-11-23(33)34)22(10-16)41-12-24(35)36;5-4-2-1-3-6-4;;/h2-19,24H,20-23,25-28H2,1H3;2-10H,11-14H2,1H3,(H,33,34)(H,35,36);4-5H,1-3H2;;/q;;;2*+1/p-2. The van der Waals surface area contributed by atoms with Crippen LogP contribution in [0.15, 0.2) is 200 Å². The average molecular weight is 1780 g/mol. The van der Waals surface area contributed by atoms with Crippen LogP contribution in [-0.4, -0.2) is 189 Å². The molecule has 0 bridgehead atoms. The molecular formula is C72H66F6N6Na2O26S6. The van der Waals surface area contributed by atoms with Crippen molar-refractivity contribution in [2.45, 2.75) is 86.7 Å². The van der Waals surface area contributed by atoms with Gasteiger partial charge in [0.05, 0.1) is 110 Å². The molecule has 4 aromatic heterocycles. The van der Waals surface area contributed by atoms with Crippen LogP contribution in [0.5, 0.6) is 34.5 Å². The molecule has 5 heterocycles. The maximum absolute atomic E-state index is 14.6. The molecule has 0 amide bonds. The molecule has 6 aromatic carbocycles. The zero-order chi connectivity index (χ0) is 84.3. The number of esters is 2. The molecule has 118 heavy (non-hydrogen) atoms. The molecule has 0 radical (unpaired) electrons. The summed E-state index contributed by atoms with van der Waals surface area (Å²) in [4.78, 5) is 63.0. The molecule has 3 atom stereocenters. The third-order valence-corrected chi connectivity index (χ3v) is 25.3. The van der Waals surface area contributed by atoms with Crippen molar-refractivity contribution in [1.82, 2.24) is 27.9 Å². The average Bonchev–Trinajstić information content (AvgIpc) is 1.66. The van der Waals surface area contributed by atoms with Crippen LogP contribution < -0.4 is 97.7 Å². The number of pyridine rings is 2. The fraction of sp³-hybridized carbons (Fsp3) is 0.278. The van der Waals surface area contributed by atoms with E-state index in [1.807, 2.05) is 0 Å². The number of carbonyl (C=O) groups is 4. The first-order valence-electron chi connectivity index (χ1n) is 33.7. The molecule has 0 aliphatic carbocycles. The number of alkyl halides is 6. The summed E-state index contributed by atoms with van der Waals surface area (Å²) in [6, 6.07) is 35.0. The van der Waals surface area contributed by atoms with E-state index < -0.39 is 211 Å². The number of carbonyl (C=O) groups excluding carboxylic acids is 4. The minimum Gasteiger partial charge on any atom is -0.546 e. The van der Waals surface area contributed by atoms with Gasteiger partial charge in [0.1, 0.15) is 37.9 Å². The van der Waals surface area contributed by atoms with Gasteiger partial charge in [0, 0.05) is 48.7 Å². The summed E-state index contributed by atoms with van der Waals surface area (Å²) in [5, 5.41) is 29.3. The van der Waals surface area contributed by atoms with Crippen LogP contribution >= 0.6 is 0 Å². The van der Waals surface area contributed by atoms with Gasteiger partial charge in [-0.15, -0.1) is 0 Å². The molecule has 1 N–H and O–H groups in total. The molecule has 620 valence electrons. The number of aliphatic hydroxyl groups excluding tert-OH is 1. The maximum Gasteiger partial charge on any atom is 1.00 e. The minimum absolute atomic E-state index is 0. The van der Waals surface area contributed by atoms with Gasteiger partial charge in [0.2, 0.25) is 10.3 Å². The smallest absolute Gasteiger partial charge is 0.546 e. The van der Waals surface area contributed by atoms with Crippen molar-refractivity contribution in [3.63, 3.8) is 0 Å². The summed E-state index contributed by atoms with van der Waals surface area (Å²) >= 11 is 0. The molecular weight excluding hydrogens is 1720 g/mol. The number of sulfone groups is 2. The number of aliphatic hydroxyl groups is 1. The molecule has 3 unspecified atom stereocenters. The maximum atomic E-state index is 14.6. The third-order valence-electron chi connectivity index (χ3n) is 15.9. The minimum atomic E-state index is -4.82. The molecule has 1 saturated heterocycles. The number of hydrogen-bond donors (Lipinski definition) is 1. The van der Waals surface area contributed by atoms with Crippen LogP contribution in [0, 0.1) is 13.8 Å². The van der Waals surface area contributed by atoms with E-state index in [0.29, 0.717) is 7.94 Å². The van der Waals surface area contributed by atoms with Crippen molar-refractivity contribution in [2.24, 2.45) is 0 Å². The number of halogens is 6. The number of para-hydroxylation sites is 4. The normalized spacial score (nSPS) is 13.5. The molecule has 46 heteroatoms. The van der Waals surface area contributed by atoms with Gasteiger partial charge in [-0.3, -0.25) is 18.4 Å². The molecule has 0 spiro atoms. The molecule has 1 aliphatic heterocycles. The van der Waals surface area contributed by atoms with Crippen LogP contribution in [-0.2, 0) is 106 Å². The number of carboxylic acids is 2. The summed E-state index contributed by atoms with van der Waals surface area (Å²) in [6.07, 6.45) is -5.57. The second kappa shape index (κ2) is 42.7. The predicted molar refractivity (Wildman–Crippen MR) is 391 cm³/mol. The van der Waals surface area contributed by atoms with Crippen molar-refractivity contribution < 1.29 is 205 Å². The van der Waals surface area contributed by atoms with Crippen LogP contribution in [0.4, 0.5) is 26.3 Å². The summed E-state index contributed by atoms with van der Waals surface area (Å²) < 4.78 is 259. The Bertz CT molecular complexity index is 5760. The number of hydrogen-bond acceptors (Lipinski definition) is 30. The fourth-order valence-corrected chi connectivity index (χ4v) is 18.7. The van der Waals surface area contributed by atoms with Gasteiger partial charge in [-0.2, -0.15) is 26.3 Å². The van der Waals surface area contributed by atoms with Crippen molar-refractivity contribution in [2.75, 3.05) is 71.0 Å². The second-order valence-electron chi connectivity index (χ2n) is 24.1. The number of carboxylic acid groups (broad SMARTS) is 2. The number of aromatic nitrogens is 6. The van der Waals surface area contributed by atoms with Gasteiger partial charge in [-0.25, -0.2) is 61.2 Å². The van der Waals surface area contributed by atoms with E-state index in [1.165, 1.54) is 111 Å². The number of fused-ring (bicyclic) bond motifs is 2. The van der Waals surface area contributed by atoms with Gasteiger partial charge >= 0.3 is 83.4 Å². The Balaban J connectivity index is 0.000000318. The van der Waals surface area contributed by atoms with Crippen LogP contribution in [0.1, 0.15) is 35.4 Å². The first-order chi connectivity index (χ1) is 54.8. The van der Waals surface area contributed by atoms with E-state index in [-0.39, 0.29) is 136 Å². The number of rotatable bonds is 34. The molecule has 10 aromatic rings. The zero-order valence-corrected chi connectivity index (χ0v) is 71.3. The quantitative estimate of drug-likeness (QED) is 0.0305. The van der Waals surface area contributed by atoms with Crippen molar-refractivity contribution in [1.29, 1.82) is 0 Å². The van der Waals surface area contributed by atoms with E-state index in [9.17, 15) is 97.8 Å². The fourth-order valence-electron chi connectivity index (χ4n) is 10.3. The Morgan fingerprint density at radius 1 is 0.492 bits per heavy atom. The first kappa shape index (κ1) is 96.0. The summed E-state index contributed by atoms with van der Waals surface area (Å²) in [5.41, 5.74) is 0.578. The number of benzene rings is 6. The second-order valence-corrected chi connectivity index (χ2v) is 34.6. The molecule has 0 saturated carbocycles. The van der Waals surface area contributed by atoms with Crippen LogP contribution in [0.25, 0.3) is 22.1 Å². The first-order valence-corrected chi connectivity index (χ1v) is 42.5.